The van der Waals surface area contributed by atoms with Crippen molar-refractivity contribution in [1.82, 2.24) is 19.7 Å². The minimum Gasteiger partial charge on any atom is -0.497 e. The lowest BCUT2D eigenvalue weighted by Crippen LogP contribution is -2.47. The molecule has 0 saturated carbocycles. The lowest BCUT2D eigenvalue weighted by Gasteiger charge is -2.37. The maximum atomic E-state index is 6.35. The van der Waals surface area contributed by atoms with Crippen molar-refractivity contribution in [3.8, 4) is 17.0 Å². The van der Waals surface area contributed by atoms with E-state index >= 15 is 0 Å². The maximum absolute atomic E-state index is 6.35. The SMILES string of the molecule is COc1cccc(-c2nc(N3CCN(c4cccc(C)c4C)CC3)nc3nn(C)c(N)c23)c1. The van der Waals surface area contributed by atoms with E-state index in [4.69, 9.17) is 20.4 Å². The number of anilines is 3. The summed E-state index contributed by atoms with van der Waals surface area (Å²) in [5.74, 6) is 2.00. The molecule has 2 aromatic carbocycles. The van der Waals surface area contributed by atoms with Crippen LogP contribution in [-0.4, -0.2) is 53.0 Å². The molecule has 4 aromatic rings. The summed E-state index contributed by atoms with van der Waals surface area (Å²) in [6, 6.07) is 14.4. The molecule has 1 aliphatic heterocycles. The third-order valence-electron chi connectivity index (χ3n) is 6.55. The smallest absolute Gasteiger partial charge is 0.228 e. The van der Waals surface area contributed by atoms with E-state index < -0.39 is 0 Å². The summed E-state index contributed by atoms with van der Waals surface area (Å²) in [7, 11) is 3.49. The Labute approximate surface area is 193 Å². The first-order valence-electron chi connectivity index (χ1n) is 11.2. The van der Waals surface area contributed by atoms with Crippen molar-refractivity contribution in [2.75, 3.05) is 48.8 Å². The van der Waals surface area contributed by atoms with Gasteiger partial charge in [-0.1, -0.05) is 24.3 Å². The number of hydrogen-bond acceptors (Lipinski definition) is 7. The Morgan fingerprint density at radius 1 is 0.939 bits per heavy atom. The third kappa shape index (κ3) is 3.71. The van der Waals surface area contributed by atoms with Gasteiger partial charge in [-0.3, -0.25) is 4.68 Å². The number of ether oxygens (including phenoxy) is 1. The lowest BCUT2D eigenvalue weighted by molar-refractivity contribution is 0.415. The average Bonchev–Trinajstić information content (AvgIpc) is 3.13. The highest BCUT2D eigenvalue weighted by atomic mass is 16.5. The second kappa shape index (κ2) is 8.27. The Kier molecular flexibility index (Phi) is 5.28. The van der Waals surface area contributed by atoms with Gasteiger partial charge in [0.15, 0.2) is 5.65 Å². The molecule has 2 N–H and O–H groups in total. The molecule has 170 valence electrons. The van der Waals surface area contributed by atoms with Gasteiger partial charge in [-0.25, -0.2) is 4.98 Å². The molecule has 0 amide bonds. The van der Waals surface area contributed by atoms with Crippen LogP contribution in [0.4, 0.5) is 17.5 Å². The van der Waals surface area contributed by atoms with Crippen LogP contribution in [0.5, 0.6) is 5.75 Å². The van der Waals surface area contributed by atoms with Gasteiger partial charge in [0.1, 0.15) is 11.6 Å². The Hall–Kier alpha value is -3.81. The van der Waals surface area contributed by atoms with Crippen molar-refractivity contribution in [3.05, 3.63) is 53.6 Å². The fraction of sp³-hybridized carbons (Fsp3) is 0.320. The number of nitrogens with two attached hydrogens (primary N) is 1. The molecule has 8 nitrogen and oxygen atoms in total. The number of nitrogens with zero attached hydrogens (tertiary/aromatic N) is 6. The second-order valence-electron chi connectivity index (χ2n) is 8.50. The Bertz CT molecular complexity index is 1320. The molecular formula is C25H29N7O. The number of piperazine rings is 1. The zero-order valence-electron chi connectivity index (χ0n) is 19.5. The van der Waals surface area contributed by atoms with E-state index in [2.05, 4.69) is 46.9 Å². The first kappa shape index (κ1) is 21.1. The van der Waals surface area contributed by atoms with E-state index in [1.54, 1.807) is 11.8 Å². The molecular weight excluding hydrogens is 414 g/mol. The number of nitrogen functional groups attached to an aromatic ring is 1. The van der Waals surface area contributed by atoms with Gasteiger partial charge < -0.3 is 20.3 Å². The Balaban J connectivity index is 1.50. The first-order chi connectivity index (χ1) is 16.0. The predicted molar refractivity (Wildman–Crippen MR) is 133 cm³/mol. The number of rotatable bonds is 4. The van der Waals surface area contributed by atoms with E-state index in [0.717, 1.165) is 48.6 Å². The Morgan fingerprint density at radius 3 is 2.42 bits per heavy atom. The van der Waals surface area contributed by atoms with Crippen LogP contribution in [0, 0.1) is 13.8 Å². The number of hydrogen-bond donors (Lipinski definition) is 1. The maximum Gasteiger partial charge on any atom is 0.228 e. The Morgan fingerprint density at radius 2 is 1.67 bits per heavy atom. The summed E-state index contributed by atoms with van der Waals surface area (Å²) in [6.07, 6.45) is 0. The van der Waals surface area contributed by atoms with Crippen LogP contribution in [0.1, 0.15) is 11.1 Å². The topological polar surface area (TPSA) is 85.3 Å². The molecule has 0 bridgehead atoms. The predicted octanol–water partition coefficient (Wildman–Crippen LogP) is 3.56. The van der Waals surface area contributed by atoms with Crippen molar-refractivity contribution in [2.24, 2.45) is 7.05 Å². The lowest BCUT2D eigenvalue weighted by atomic mass is 10.1. The minimum absolute atomic E-state index is 0.550. The quantitative estimate of drug-likeness (QED) is 0.516. The summed E-state index contributed by atoms with van der Waals surface area (Å²) in [5.41, 5.74) is 12.6. The summed E-state index contributed by atoms with van der Waals surface area (Å²) in [4.78, 5) is 14.4. The van der Waals surface area contributed by atoms with E-state index in [1.165, 1.54) is 16.8 Å². The standard InChI is InChI=1S/C25H29N7O/c1-16-7-5-10-20(17(16)2)31-11-13-32(14-12-31)25-27-22(18-8-6-9-19(15-18)33-4)21-23(26)30(3)29-24(21)28-25/h5-10,15H,11-14,26H2,1-4H3. The summed E-state index contributed by atoms with van der Waals surface area (Å²) in [6.45, 7) is 7.84. The van der Waals surface area contributed by atoms with E-state index in [9.17, 15) is 0 Å². The van der Waals surface area contributed by atoms with Crippen molar-refractivity contribution >= 4 is 28.5 Å². The summed E-state index contributed by atoms with van der Waals surface area (Å²) < 4.78 is 7.09. The molecule has 0 radical (unpaired) electrons. The number of methoxy groups -OCH3 is 1. The number of aryl methyl sites for hydroxylation is 2. The van der Waals surface area contributed by atoms with Gasteiger partial charge in [0, 0.05) is 44.5 Å². The van der Waals surface area contributed by atoms with Gasteiger partial charge in [-0.2, -0.15) is 10.1 Å². The molecule has 5 rings (SSSR count). The van der Waals surface area contributed by atoms with Crippen LogP contribution in [0.2, 0.25) is 0 Å². The van der Waals surface area contributed by atoms with E-state index in [-0.39, 0.29) is 0 Å². The fourth-order valence-electron chi connectivity index (χ4n) is 4.45. The second-order valence-corrected chi connectivity index (χ2v) is 8.50. The third-order valence-corrected chi connectivity index (χ3v) is 6.55. The van der Waals surface area contributed by atoms with Gasteiger partial charge in [0.2, 0.25) is 5.95 Å². The van der Waals surface area contributed by atoms with Crippen molar-refractivity contribution < 1.29 is 4.74 Å². The monoisotopic (exact) mass is 443 g/mol. The normalized spacial score (nSPS) is 14.2. The molecule has 0 spiro atoms. The molecule has 2 aromatic heterocycles. The zero-order chi connectivity index (χ0) is 23.1. The van der Waals surface area contributed by atoms with Crippen LogP contribution in [-0.2, 0) is 7.05 Å². The highest BCUT2D eigenvalue weighted by Crippen LogP contribution is 2.33. The average molecular weight is 444 g/mol. The molecule has 33 heavy (non-hydrogen) atoms. The van der Waals surface area contributed by atoms with Gasteiger partial charge in [-0.15, -0.1) is 0 Å². The van der Waals surface area contributed by atoms with Crippen LogP contribution >= 0.6 is 0 Å². The van der Waals surface area contributed by atoms with Gasteiger partial charge in [0.25, 0.3) is 0 Å². The molecule has 8 heteroatoms. The molecule has 0 atom stereocenters. The van der Waals surface area contributed by atoms with Gasteiger partial charge >= 0.3 is 0 Å². The van der Waals surface area contributed by atoms with Crippen molar-refractivity contribution in [3.63, 3.8) is 0 Å². The van der Waals surface area contributed by atoms with E-state index in [1.807, 2.05) is 31.3 Å². The number of fused-ring (bicyclic) bond motifs is 1. The van der Waals surface area contributed by atoms with Gasteiger partial charge in [0.05, 0.1) is 18.2 Å². The molecule has 3 heterocycles. The van der Waals surface area contributed by atoms with E-state index in [0.29, 0.717) is 17.4 Å². The summed E-state index contributed by atoms with van der Waals surface area (Å²) >= 11 is 0. The van der Waals surface area contributed by atoms with Crippen LogP contribution in [0.25, 0.3) is 22.3 Å². The van der Waals surface area contributed by atoms with Crippen molar-refractivity contribution in [1.29, 1.82) is 0 Å². The van der Waals surface area contributed by atoms with Gasteiger partial charge in [-0.05, 0) is 43.2 Å². The van der Waals surface area contributed by atoms with Crippen LogP contribution in [0.15, 0.2) is 42.5 Å². The largest absolute Gasteiger partial charge is 0.497 e. The summed E-state index contributed by atoms with van der Waals surface area (Å²) in [5, 5.41) is 5.32. The molecule has 0 aliphatic carbocycles. The number of benzene rings is 2. The molecule has 1 fully saturated rings. The molecule has 1 saturated heterocycles. The van der Waals surface area contributed by atoms with Crippen LogP contribution in [0.3, 0.4) is 0 Å². The highest BCUT2D eigenvalue weighted by molar-refractivity contribution is 5.99. The zero-order valence-corrected chi connectivity index (χ0v) is 19.5. The first-order valence-corrected chi connectivity index (χ1v) is 11.2. The van der Waals surface area contributed by atoms with Crippen LogP contribution < -0.4 is 20.3 Å². The highest BCUT2D eigenvalue weighted by Gasteiger charge is 2.24. The number of aromatic nitrogens is 4. The molecule has 1 aliphatic rings. The minimum atomic E-state index is 0.550. The fourth-order valence-corrected chi connectivity index (χ4v) is 4.45. The van der Waals surface area contributed by atoms with Crippen molar-refractivity contribution in [2.45, 2.75) is 13.8 Å². The molecule has 0 unspecified atom stereocenters.